The number of ether oxygens (including phenoxy) is 4. The maximum absolute atomic E-state index is 12.5. The van der Waals surface area contributed by atoms with E-state index >= 15 is 0 Å². The maximum atomic E-state index is 12.5. The van der Waals surface area contributed by atoms with Crippen LogP contribution in [-0.2, 0) is 50.6 Å². The molecule has 12 heteroatoms. The average molecular weight is 554 g/mol. The van der Waals surface area contributed by atoms with Gasteiger partial charge in [-0.15, -0.1) is 0 Å². The van der Waals surface area contributed by atoms with Gasteiger partial charge in [-0.25, -0.2) is 14.2 Å². The van der Waals surface area contributed by atoms with Gasteiger partial charge in [-0.3, -0.25) is 9.05 Å². The lowest BCUT2D eigenvalue weighted by Gasteiger charge is -2.23. The lowest BCUT2D eigenvalue weighted by molar-refractivity contribution is -0.144. The summed E-state index contributed by atoms with van der Waals surface area (Å²) in [5, 5.41) is 2.25. The van der Waals surface area contributed by atoms with Crippen LogP contribution in [0.1, 0.15) is 31.9 Å². The molecule has 0 aliphatic rings. The van der Waals surface area contributed by atoms with E-state index in [1.807, 2.05) is 60.7 Å². The molecule has 210 valence electrons. The topological polar surface area (TPSA) is 139 Å². The molecule has 0 radical (unpaired) electrons. The molecule has 2 rings (SSSR count). The van der Waals surface area contributed by atoms with E-state index in [1.165, 1.54) is 0 Å². The molecule has 2 aromatic rings. The van der Waals surface area contributed by atoms with Crippen LogP contribution < -0.4 is 5.32 Å². The number of carbonyl (C=O) groups is 2. The minimum Gasteiger partial charge on any atom is -0.467 e. The zero-order valence-electron chi connectivity index (χ0n) is 22.0. The molecule has 0 fully saturated rings. The smallest absolute Gasteiger partial charge is 0.467 e. The number of methoxy groups -OCH3 is 1. The number of carbonyl (C=O) groups excluding carboxylic acids is 2. The third-order valence-corrected chi connectivity index (χ3v) is 5.70. The maximum Gasteiger partial charge on any atom is 0.472 e. The predicted molar refractivity (Wildman–Crippen MR) is 138 cm³/mol. The highest BCUT2D eigenvalue weighted by Crippen LogP contribution is 2.43. The van der Waals surface area contributed by atoms with E-state index in [0.29, 0.717) is 6.61 Å². The summed E-state index contributed by atoms with van der Waals surface area (Å²) in [6.07, 6.45) is -1.63. The standard InChI is InChI=1S/C26H36NO10P/c1-26(2,3)37-25(29)27-23(24(28)32-4)19-36-38(30,31)35-18-22(34-16-21-13-9-6-10-14-21)17-33-15-20-11-7-5-8-12-20/h5-14,22-23H,15-19H2,1-4H3,(H,27,29)(H,30,31)/t22-,23?/m1/s1. The fraction of sp³-hybridized carbons (Fsp3) is 0.462. The average Bonchev–Trinajstić information content (AvgIpc) is 2.87. The second-order valence-corrected chi connectivity index (χ2v) is 10.7. The van der Waals surface area contributed by atoms with Crippen molar-refractivity contribution in [2.75, 3.05) is 26.9 Å². The molecule has 0 bridgehead atoms. The summed E-state index contributed by atoms with van der Waals surface area (Å²) in [6, 6.07) is 17.5. The Labute approximate surface area is 222 Å². The molecular weight excluding hydrogens is 517 g/mol. The second-order valence-electron chi connectivity index (χ2n) is 9.20. The molecular formula is C26H36NO10P. The first-order valence-electron chi connectivity index (χ1n) is 11.9. The minimum atomic E-state index is -4.66. The van der Waals surface area contributed by atoms with Gasteiger partial charge in [0.1, 0.15) is 11.7 Å². The van der Waals surface area contributed by atoms with Gasteiger partial charge in [0, 0.05) is 0 Å². The van der Waals surface area contributed by atoms with Crippen LogP contribution in [0.3, 0.4) is 0 Å². The number of hydrogen-bond donors (Lipinski definition) is 2. The summed E-state index contributed by atoms with van der Waals surface area (Å²) < 4.78 is 43.9. The normalized spacial score (nSPS) is 14.7. The summed E-state index contributed by atoms with van der Waals surface area (Å²) in [4.78, 5) is 34.3. The van der Waals surface area contributed by atoms with E-state index in [9.17, 15) is 19.0 Å². The monoisotopic (exact) mass is 553 g/mol. The van der Waals surface area contributed by atoms with Crippen molar-refractivity contribution in [3.8, 4) is 0 Å². The summed E-state index contributed by atoms with van der Waals surface area (Å²) in [5.74, 6) is -0.894. The first-order valence-corrected chi connectivity index (χ1v) is 13.4. The first kappa shape index (κ1) is 31.4. The molecule has 38 heavy (non-hydrogen) atoms. The Kier molecular flexibility index (Phi) is 12.9. The highest BCUT2D eigenvalue weighted by molar-refractivity contribution is 7.47. The van der Waals surface area contributed by atoms with Crippen molar-refractivity contribution < 1.29 is 47.0 Å². The van der Waals surface area contributed by atoms with Crippen LogP contribution >= 0.6 is 7.82 Å². The number of benzene rings is 2. The molecule has 0 aromatic heterocycles. The van der Waals surface area contributed by atoms with E-state index in [4.69, 9.17) is 23.3 Å². The lowest BCUT2D eigenvalue weighted by atomic mass is 10.2. The van der Waals surface area contributed by atoms with Gasteiger partial charge < -0.3 is 29.2 Å². The zero-order chi connectivity index (χ0) is 28.0. The van der Waals surface area contributed by atoms with Crippen molar-refractivity contribution >= 4 is 19.9 Å². The summed E-state index contributed by atoms with van der Waals surface area (Å²) in [5.41, 5.74) is 1.04. The number of esters is 1. The quantitative estimate of drug-likeness (QED) is 0.246. The summed E-state index contributed by atoms with van der Waals surface area (Å²) in [7, 11) is -3.55. The SMILES string of the molecule is COC(=O)C(COP(=O)(O)OC[C@@H](COCc1ccccc1)OCc1ccccc1)NC(=O)OC(C)(C)C. The Morgan fingerprint density at radius 1 is 0.895 bits per heavy atom. The Bertz CT molecular complexity index is 1030. The molecule has 2 unspecified atom stereocenters. The van der Waals surface area contributed by atoms with E-state index < -0.39 is 44.2 Å². The number of alkyl carbamates (subject to hydrolysis) is 1. The third-order valence-electron chi connectivity index (χ3n) is 4.75. The summed E-state index contributed by atoms with van der Waals surface area (Å²) >= 11 is 0. The van der Waals surface area contributed by atoms with Crippen molar-refractivity contribution in [1.29, 1.82) is 0 Å². The minimum absolute atomic E-state index is 0.0761. The van der Waals surface area contributed by atoms with Gasteiger partial charge in [-0.1, -0.05) is 60.7 Å². The van der Waals surface area contributed by atoms with Gasteiger partial charge in [-0.2, -0.15) is 0 Å². The highest BCUT2D eigenvalue weighted by atomic mass is 31.2. The number of phosphoric acid groups is 1. The lowest BCUT2D eigenvalue weighted by Crippen LogP contribution is -2.46. The van der Waals surface area contributed by atoms with E-state index in [0.717, 1.165) is 18.2 Å². The number of phosphoric ester groups is 1. The van der Waals surface area contributed by atoms with Crippen molar-refractivity contribution in [3.05, 3.63) is 71.8 Å². The Morgan fingerprint density at radius 3 is 2.00 bits per heavy atom. The molecule has 0 saturated carbocycles. The van der Waals surface area contributed by atoms with Crippen LogP contribution in [-0.4, -0.2) is 61.6 Å². The van der Waals surface area contributed by atoms with E-state index in [1.54, 1.807) is 20.8 Å². The van der Waals surface area contributed by atoms with E-state index in [-0.39, 0.29) is 19.8 Å². The molecule has 0 aliphatic carbocycles. The van der Waals surface area contributed by atoms with Gasteiger partial charge in [0.2, 0.25) is 0 Å². The Balaban J connectivity index is 1.93. The third kappa shape index (κ3) is 13.1. The number of amides is 1. The van der Waals surface area contributed by atoms with E-state index in [2.05, 4.69) is 10.1 Å². The highest BCUT2D eigenvalue weighted by Gasteiger charge is 2.31. The first-order chi connectivity index (χ1) is 18.0. The van der Waals surface area contributed by atoms with Crippen LogP contribution in [0, 0.1) is 0 Å². The van der Waals surface area contributed by atoms with Crippen LogP contribution in [0.25, 0.3) is 0 Å². The molecule has 3 atom stereocenters. The molecule has 0 saturated heterocycles. The Morgan fingerprint density at radius 2 is 1.45 bits per heavy atom. The number of rotatable bonds is 15. The Hall–Kier alpha value is -2.79. The number of hydrogen-bond acceptors (Lipinski definition) is 9. The van der Waals surface area contributed by atoms with Gasteiger partial charge in [0.25, 0.3) is 0 Å². The molecule has 0 aliphatic heterocycles. The van der Waals surface area contributed by atoms with Gasteiger partial charge >= 0.3 is 19.9 Å². The molecule has 0 spiro atoms. The summed E-state index contributed by atoms with van der Waals surface area (Å²) in [6.45, 7) is 4.52. The van der Waals surface area contributed by atoms with Gasteiger partial charge in [0.15, 0.2) is 6.04 Å². The number of nitrogens with one attached hydrogen (secondary N) is 1. The van der Waals surface area contributed by atoms with Gasteiger partial charge in [0.05, 0.1) is 40.1 Å². The van der Waals surface area contributed by atoms with Crippen LogP contribution in [0.15, 0.2) is 60.7 Å². The van der Waals surface area contributed by atoms with Crippen LogP contribution in [0.5, 0.6) is 0 Å². The zero-order valence-corrected chi connectivity index (χ0v) is 22.9. The molecule has 11 nitrogen and oxygen atoms in total. The van der Waals surface area contributed by atoms with Crippen molar-refractivity contribution in [2.24, 2.45) is 0 Å². The van der Waals surface area contributed by atoms with Crippen molar-refractivity contribution in [2.45, 2.75) is 51.7 Å². The predicted octanol–water partition coefficient (Wildman–Crippen LogP) is 3.99. The molecule has 2 aromatic carbocycles. The van der Waals surface area contributed by atoms with Crippen molar-refractivity contribution in [1.82, 2.24) is 5.32 Å². The van der Waals surface area contributed by atoms with Crippen LogP contribution in [0.2, 0.25) is 0 Å². The molecule has 2 N–H and O–H groups in total. The molecule has 0 heterocycles. The fourth-order valence-corrected chi connectivity index (χ4v) is 3.73. The molecule has 1 amide bonds. The fourth-order valence-electron chi connectivity index (χ4n) is 2.96. The van der Waals surface area contributed by atoms with Gasteiger partial charge in [-0.05, 0) is 31.9 Å². The largest absolute Gasteiger partial charge is 0.472 e. The van der Waals surface area contributed by atoms with Crippen LogP contribution in [0.4, 0.5) is 4.79 Å². The second kappa shape index (κ2) is 15.6. The van der Waals surface area contributed by atoms with Crippen molar-refractivity contribution in [3.63, 3.8) is 0 Å².